The largest absolute Gasteiger partial charge is 0.380 e. The van der Waals surface area contributed by atoms with Crippen molar-refractivity contribution in [3.05, 3.63) is 7.05 Å². The molecule has 0 fully saturated rings. The Kier molecular flexibility index (Phi) is 12.9. The van der Waals surface area contributed by atoms with E-state index in [4.69, 9.17) is 9.47 Å². The molecule has 97 valence electrons. The molecule has 0 aliphatic rings. The van der Waals surface area contributed by atoms with Crippen LogP contribution in [0.5, 0.6) is 0 Å². The Bertz CT molecular complexity index is 117. The second-order valence-electron chi connectivity index (χ2n) is 4.05. The molecule has 3 nitrogen and oxygen atoms in total. The quantitative estimate of drug-likeness (QED) is 0.481. The van der Waals surface area contributed by atoms with Crippen LogP contribution >= 0.6 is 0 Å². The fourth-order valence-electron chi connectivity index (χ4n) is 1.20. The minimum atomic E-state index is 0.776. The van der Waals surface area contributed by atoms with Gasteiger partial charge in [-0.2, -0.15) is 0 Å². The number of rotatable bonds is 12. The molecule has 0 bridgehead atoms. The van der Waals surface area contributed by atoms with Gasteiger partial charge in [-0.1, -0.05) is 26.7 Å². The standard InChI is InChI=1S/C13H28NO2/c1-4-6-10-15-12-8-14(3)9-13-16-11-7-5-2/h3-13H2,1-2H3. The van der Waals surface area contributed by atoms with Crippen molar-refractivity contribution in [3.8, 4) is 0 Å². The summed E-state index contributed by atoms with van der Waals surface area (Å²) in [5, 5.41) is 0. The molecule has 0 aliphatic heterocycles. The van der Waals surface area contributed by atoms with Crippen molar-refractivity contribution in [1.82, 2.24) is 4.90 Å². The Balaban J connectivity index is 3.09. The summed E-state index contributed by atoms with van der Waals surface area (Å²) in [4.78, 5) is 2.01. The van der Waals surface area contributed by atoms with Gasteiger partial charge in [0.15, 0.2) is 0 Å². The molecule has 0 aliphatic carbocycles. The molecule has 0 saturated carbocycles. The van der Waals surface area contributed by atoms with Crippen LogP contribution in [0.15, 0.2) is 0 Å². The average molecular weight is 230 g/mol. The van der Waals surface area contributed by atoms with E-state index in [1.54, 1.807) is 0 Å². The zero-order valence-corrected chi connectivity index (χ0v) is 11.0. The third-order valence-electron chi connectivity index (χ3n) is 2.39. The lowest BCUT2D eigenvalue weighted by atomic mass is 10.4. The van der Waals surface area contributed by atoms with Gasteiger partial charge >= 0.3 is 0 Å². The van der Waals surface area contributed by atoms with Crippen molar-refractivity contribution in [2.45, 2.75) is 39.5 Å². The monoisotopic (exact) mass is 230 g/mol. The molecule has 0 aromatic carbocycles. The van der Waals surface area contributed by atoms with Crippen molar-refractivity contribution in [2.75, 3.05) is 39.5 Å². The first-order valence-corrected chi connectivity index (χ1v) is 6.52. The van der Waals surface area contributed by atoms with Crippen LogP contribution in [0, 0.1) is 7.05 Å². The van der Waals surface area contributed by atoms with E-state index >= 15 is 0 Å². The highest BCUT2D eigenvalue weighted by atomic mass is 16.5. The van der Waals surface area contributed by atoms with Crippen LogP contribution in [0.1, 0.15) is 39.5 Å². The van der Waals surface area contributed by atoms with Gasteiger partial charge in [0, 0.05) is 33.4 Å². The molecule has 3 heteroatoms. The summed E-state index contributed by atoms with van der Waals surface area (Å²) in [5.41, 5.74) is 0. The van der Waals surface area contributed by atoms with E-state index in [0.29, 0.717) is 0 Å². The van der Waals surface area contributed by atoms with Gasteiger partial charge in [0.1, 0.15) is 0 Å². The van der Waals surface area contributed by atoms with Gasteiger partial charge in [-0.25, -0.2) is 0 Å². The Labute approximate surface area is 101 Å². The molecule has 0 unspecified atom stereocenters. The first kappa shape index (κ1) is 15.9. The summed E-state index contributed by atoms with van der Waals surface area (Å²) < 4.78 is 10.9. The SMILES string of the molecule is [CH2]N(CCOCCCC)CCOCCCC. The van der Waals surface area contributed by atoms with Crippen molar-refractivity contribution >= 4 is 0 Å². The molecular weight excluding hydrogens is 202 g/mol. The summed E-state index contributed by atoms with van der Waals surface area (Å²) >= 11 is 0. The third kappa shape index (κ3) is 12.0. The fourth-order valence-corrected chi connectivity index (χ4v) is 1.20. The van der Waals surface area contributed by atoms with Crippen LogP contribution in [0.3, 0.4) is 0 Å². The molecule has 16 heavy (non-hydrogen) atoms. The summed E-state index contributed by atoms with van der Waals surface area (Å²) in [5.74, 6) is 0. The minimum absolute atomic E-state index is 0.776. The van der Waals surface area contributed by atoms with Crippen LogP contribution in [0.25, 0.3) is 0 Å². The molecule has 0 saturated heterocycles. The predicted octanol–water partition coefficient (Wildman–Crippen LogP) is 2.71. The van der Waals surface area contributed by atoms with Gasteiger partial charge in [-0.15, -0.1) is 0 Å². The van der Waals surface area contributed by atoms with E-state index in [1.807, 2.05) is 4.90 Å². The maximum absolute atomic E-state index is 5.47. The second-order valence-corrected chi connectivity index (χ2v) is 4.05. The molecule has 0 aromatic rings. The van der Waals surface area contributed by atoms with E-state index in [9.17, 15) is 0 Å². The Hall–Kier alpha value is -0.120. The summed E-state index contributed by atoms with van der Waals surface area (Å²) in [6.07, 6.45) is 4.69. The zero-order chi connectivity index (χ0) is 12.1. The molecule has 0 aromatic heterocycles. The zero-order valence-electron chi connectivity index (χ0n) is 11.0. The Morgan fingerprint density at radius 3 is 1.62 bits per heavy atom. The lowest BCUT2D eigenvalue weighted by molar-refractivity contribution is 0.0877. The highest BCUT2D eigenvalue weighted by Gasteiger charge is 1.98. The second kappa shape index (κ2) is 12.9. The predicted molar refractivity (Wildman–Crippen MR) is 68.4 cm³/mol. The lowest BCUT2D eigenvalue weighted by Crippen LogP contribution is -2.25. The molecule has 0 N–H and O–H groups in total. The van der Waals surface area contributed by atoms with Gasteiger partial charge in [0.05, 0.1) is 13.2 Å². The molecule has 0 amide bonds. The highest BCUT2D eigenvalue weighted by molar-refractivity contribution is 4.54. The molecule has 0 spiro atoms. The average Bonchev–Trinajstić information content (AvgIpc) is 2.28. The van der Waals surface area contributed by atoms with Crippen LogP contribution < -0.4 is 0 Å². The van der Waals surface area contributed by atoms with Gasteiger partial charge in [0.25, 0.3) is 0 Å². The summed E-state index contributed by atoms with van der Waals surface area (Å²) in [6, 6.07) is 0. The topological polar surface area (TPSA) is 21.7 Å². The van der Waals surface area contributed by atoms with Crippen LogP contribution in [-0.4, -0.2) is 44.4 Å². The molecule has 0 rings (SSSR count). The van der Waals surface area contributed by atoms with E-state index in [2.05, 4.69) is 20.9 Å². The first-order chi connectivity index (χ1) is 7.81. The van der Waals surface area contributed by atoms with Crippen molar-refractivity contribution in [1.29, 1.82) is 0 Å². The van der Waals surface area contributed by atoms with Crippen LogP contribution in [-0.2, 0) is 9.47 Å². The van der Waals surface area contributed by atoms with Crippen molar-refractivity contribution in [3.63, 3.8) is 0 Å². The molecule has 0 heterocycles. The van der Waals surface area contributed by atoms with E-state index < -0.39 is 0 Å². The Morgan fingerprint density at radius 2 is 1.25 bits per heavy atom. The number of ether oxygens (including phenoxy) is 2. The van der Waals surface area contributed by atoms with E-state index in [1.165, 1.54) is 12.8 Å². The maximum atomic E-state index is 5.47. The number of nitrogens with zero attached hydrogens (tertiary/aromatic N) is 1. The number of unbranched alkanes of at least 4 members (excludes halogenated alkanes) is 2. The van der Waals surface area contributed by atoms with E-state index in [-0.39, 0.29) is 0 Å². The fraction of sp³-hybridized carbons (Fsp3) is 0.923. The molecule has 1 radical (unpaired) electrons. The summed E-state index contributed by atoms with van der Waals surface area (Å²) in [7, 11) is 3.95. The number of hydrogen-bond acceptors (Lipinski definition) is 3. The van der Waals surface area contributed by atoms with Crippen molar-refractivity contribution < 1.29 is 9.47 Å². The highest BCUT2D eigenvalue weighted by Crippen LogP contribution is 1.92. The van der Waals surface area contributed by atoms with Crippen LogP contribution in [0.4, 0.5) is 0 Å². The Morgan fingerprint density at radius 1 is 0.812 bits per heavy atom. The maximum Gasteiger partial charge on any atom is 0.0593 e. The normalized spacial score (nSPS) is 11.2. The molecular formula is C13H28NO2. The van der Waals surface area contributed by atoms with Gasteiger partial charge in [0.2, 0.25) is 0 Å². The smallest absolute Gasteiger partial charge is 0.0593 e. The van der Waals surface area contributed by atoms with E-state index in [0.717, 1.165) is 52.4 Å². The van der Waals surface area contributed by atoms with Gasteiger partial charge in [-0.3, -0.25) is 4.90 Å². The molecule has 0 atom stereocenters. The van der Waals surface area contributed by atoms with Crippen LogP contribution in [0.2, 0.25) is 0 Å². The van der Waals surface area contributed by atoms with Crippen molar-refractivity contribution in [2.24, 2.45) is 0 Å². The van der Waals surface area contributed by atoms with Gasteiger partial charge in [-0.05, 0) is 12.8 Å². The third-order valence-corrected chi connectivity index (χ3v) is 2.39. The first-order valence-electron chi connectivity index (χ1n) is 6.52. The lowest BCUT2D eigenvalue weighted by Gasteiger charge is -2.16. The minimum Gasteiger partial charge on any atom is -0.380 e. The summed E-state index contributed by atoms with van der Waals surface area (Å²) in [6.45, 7) is 9.42. The van der Waals surface area contributed by atoms with Gasteiger partial charge < -0.3 is 9.47 Å². The number of hydrogen-bond donors (Lipinski definition) is 0.